The van der Waals surface area contributed by atoms with Crippen molar-refractivity contribution < 1.29 is 8.83 Å². The summed E-state index contributed by atoms with van der Waals surface area (Å²) in [4.78, 5) is 26.0. The maximum atomic E-state index is 6.41. The molecule has 0 fully saturated rings. The molecule has 0 saturated heterocycles. The molecule has 0 atom stereocenters. The number of rotatable bonds is 5. The Labute approximate surface area is 328 Å². The minimum Gasteiger partial charge on any atom is -0.456 e. The molecule has 12 aromatic rings. The molecule has 0 bridgehead atoms. The number of para-hydroxylation sites is 2. The molecule has 7 nitrogen and oxygen atoms in total. The SMILES string of the molecule is c1ccc(-c2nc(-c3cccc4oc5ccccc5c34)nc(-c3cccc4sc5c(-c6nc(-c7ccccc7)c7oc8ccccc8c7n6)cccc5c34)n2)cc1. The van der Waals surface area contributed by atoms with Crippen LogP contribution in [0, 0.1) is 0 Å². The summed E-state index contributed by atoms with van der Waals surface area (Å²) in [7, 11) is 0. The molecule has 0 spiro atoms. The minimum absolute atomic E-state index is 0.579. The summed E-state index contributed by atoms with van der Waals surface area (Å²) in [5.41, 5.74) is 9.25. The Kier molecular flexibility index (Phi) is 6.96. The highest BCUT2D eigenvalue weighted by atomic mass is 32.1. The lowest BCUT2D eigenvalue weighted by Gasteiger charge is -2.10. The van der Waals surface area contributed by atoms with Gasteiger partial charge in [0, 0.05) is 64.1 Å². The largest absolute Gasteiger partial charge is 0.456 e. The standard InChI is InChI=1S/C49H27N5O2S/c1-3-14-28(15-4-1)42-44-43(31-19-8-10-25-37(31)56-44)51-49(50-42)35-23-11-20-32-41-34(22-13-27-39(41)57-45(32)35)48-53-46(29-16-5-2-6-17-29)52-47(54-48)33-21-12-26-38-40(33)30-18-7-9-24-36(30)55-38/h1-27H. The highest BCUT2D eigenvalue weighted by Crippen LogP contribution is 2.45. The van der Waals surface area contributed by atoms with Crippen molar-refractivity contribution in [3.63, 3.8) is 0 Å². The van der Waals surface area contributed by atoms with Crippen LogP contribution in [0.1, 0.15) is 0 Å². The van der Waals surface area contributed by atoms with Gasteiger partial charge in [-0.25, -0.2) is 24.9 Å². The molecule has 0 radical (unpaired) electrons. The van der Waals surface area contributed by atoms with Gasteiger partial charge in [0.1, 0.15) is 28.0 Å². The van der Waals surface area contributed by atoms with Crippen molar-refractivity contribution in [2.24, 2.45) is 0 Å². The van der Waals surface area contributed by atoms with E-state index in [1.807, 2.05) is 97.1 Å². The Balaban J connectivity index is 1.10. The Bertz CT molecular complexity index is 3540. The van der Waals surface area contributed by atoms with Crippen LogP contribution in [0.15, 0.2) is 173 Å². The number of thiophene rings is 1. The summed E-state index contributed by atoms with van der Waals surface area (Å²) in [6.07, 6.45) is 0. The molecule has 0 aliphatic heterocycles. The topological polar surface area (TPSA) is 90.7 Å². The molecule has 12 rings (SSSR count). The highest BCUT2D eigenvalue weighted by molar-refractivity contribution is 7.26. The van der Waals surface area contributed by atoms with Crippen LogP contribution in [-0.4, -0.2) is 24.9 Å². The van der Waals surface area contributed by atoms with E-state index in [1.165, 1.54) is 0 Å². The second-order valence-corrected chi connectivity index (χ2v) is 15.0. The Morgan fingerprint density at radius 3 is 1.72 bits per heavy atom. The maximum absolute atomic E-state index is 6.41. The van der Waals surface area contributed by atoms with Crippen molar-refractivity contribution in [2.45, 2.75) is 0 Å². The molecule has 0 amide bonds. The molecule has 0 unspecified atom stereocenters. The number of benzene rings is 7. The molecule has 0 aliphatic rings. The van der Waals surface area contributed by atoms with Gasteiger partial charge in [-0.2, -0.15) is 0 Å². The Morgan fingerprint density at radius 2 is 0.930 bits per heavy atom. The second kappa shape index (κ2) is 12.5. The van der Waals surface area contributed by atoms with Crippen LogP contribution < -0.4 is 0 Å². The fourth-order valence-corrected chi connectivity index (χ4v) is 9.25. The van der Waals surface area contributed by atoms with E-state index in [0.717, 1.165) is 92.1 Å². The van der Waals surface area contributed by atoms with Crippen molar-refractivity contribution in [1.82, 2.24) is 24.9 Å². The molecule has 8 heteroatoms. The van der Waals surface area contributed by atoms with Crippen molar-refractivity contribution in [1.29, 1.82) is 0 Å². The molecule has 7 aromatic carbocycles. The number of fused-ring (bicyclic) bond motifs is 9. The number of hydrogen-bond donors (Lipinski definition) is 0. The van der Waals surface area contributed by atoms with E-state index in [-0.39, 0.29) is 0 Å². The van der Waals surface area contributed by atoms with Crippen molar-refractivity contribution in [3.05, 3.63) is 164 Å². The van der Waals surface area contributed by atoms with Gasteiger partial charge < -0.3 is 8.83 Å². The first-order chi connectivity index (χ1) is 28.2. The second-order valence-electron chi connectivity index (χ2n) is 14.0. The molecule has 0 saturated carbocycles. The molecular weight excluding hydrogens is 723 g/mol. The quantitative estimate of drug-likeness (QED) is 0.173. The molecule has 0 aliphatic carbocycles. The van der Waals surface area contributed by atoms with Crippen LogP contribution in [0.3, 0.4) is 0 Å². The molecular formula is C49H27N5O2S. The van der Waals surface area contributed by atoms with Gasteiger partial charge in [-0.3, -0.25) is 0 Å². The number of furan rings is 2. The van der Waals surface area contributed by atoms with Crippen LogP contribution >= 0.6 is 11.3 Å². The van der Waals surface area contributed by atoms with Gasteiger partial charge in [-0.1, -0.05) is 127 Å². The van der Waals surface area contributed by atoms with Gasteiger partial charge in [0.25, 0.3) is 0 Å². The van der Waals surface area contributed by atoms with Gasteiger partial charge in [0.2, 0.25) is 0 Å². The van der Waals surface area contributed by atoms with Crippen LogP contribution in [-0.2, 0) is 0 Å². The van der Waals surface area contributed by atoms with Gasteiger partial charge in [0.05, 0.1) is 0 Å². The number of nitrogens with zero attached hydrogens (tertiary/aromatic N) is 5. The molecule has 5 aromatic heterocycles. The molecule has 0 N–H and O–H groups in total. The summed E-state index contributed by atoms with van der Waals surface area (Å²) in [5, 5.41) is 5.10. The van der Waals surface area contributed by atoms with Crippen molar-refractivity contribution >= 4 is 75.5 Å². The van der Waals surface area contributed by atoms with E-state index >= 15 is 0 Å². The normalized spacial score (nSPS) is 11.9. The Morgan fingerprint density at radius 1 is 0.368 bits per heavy atom. The first-order valence-electron chi connectivity index (χ1n) is 18.7. The predicted molar refractivity (Wildman–Crippen MR) is 230 cm³/mol. The average Bonchev–Trinajstić information content (AvgIpc) is 3.98. The average molecular weight is 750 g/mol. The van der Waals surface area contributed by atoms with Gasteiger partial charge in [-0.05, 0) is 36.4 Å². The smallest absolute Gasteiger partial charge is 0.180 e. The lowest BCUT2D eigenvalue weighted by Crippen LogP contribution is -2.00. The summed E-state index contributed by atoms with van der Waals surface area (Å²) in [6.45, 7) is 0. The zero-order valence-corrected chi connectivity index (χ0v) is 30.9. The third-order valence-electron chi connectivity index (χ3n) is 10.6. The van der Waals surface area contributed by atoms with E-state index in [1.54, 1.807) is 11.3 Å². The third-order valence-corrected chi connectivity index (χ3v) is 11.8. The maximum Gasteiger partial charge on any atom is 0.180 e. The van der Waals surface area contributed by atoms with Crippen molar-refractivity contribution in [3.8, 4) is 56.8 Å². The summed E-state index contributed by atoms with van der Waals surface area (Å²) in [6, 6.07) is 55.2. The zero-order valence-electron chi connectivity index (χ0n) is 30.0. The van der Waals surface area contributed by atoms with E-state index < -0.39 is 0 Å². The fraction of sp³-hybridized carbons (Fsp3) is 0. The summed E-state index contributed by atoms with van der Waals surface area (Å²) >= 11 is 1.72. The van der Waals surface area contributed by atoms with E-state index in [9.17, 15) is 0 Å². The molecule has 266 valence electrons. The van der Waals surface area contributed by atoms with Crippen molar-refractivity contribution in [2.75, 3.05) is 0 Å². The first-order valence-corrected chi connectivity index (χ1v) is 19.5. The predicted octanol–water partition coefficient (Wildman–Crippen LogP) is 13.2. The minimum atomic E-state index is 0.579. The summed E-state index contributed by atoms with van der Waals surface area (Å²) in [5.74, 6) is 2.41. The van der Waals surface area contributed by atoms with Gasteiger partial charge in [-0.15, -0.1) is 11.3 Å². The number of hydrogen-bond acceptors (Lipinski definition) is 8. The third kappa shape index (κ3) is 5.01. The van der Waals surface area contributed by atoms with Crippen LogP contribution in [0.25, 0.3) is 121 Å². The van der Waals surface area contributed by atoms with Gasteiger partial charge in [0.15, 0.2) is 28.9 Å². The number of aromatic nitrogens is 5. The lowest BCUT2D eigenvalue weighted by molar-refractivity contribution is 0.667. The van der Waals surface area contributed by atoms with Crippen LogP contribution in [0.2, 0.25) is 0 Å². The molecule has 5 heterocycles. The highest BCUT2D eigenvalue weighted by Gasteiger charge is 2.23. The van der Waals surface area contributed by atoms with E-state index in [4.69, 9.17) is 33.8 Å². The fourth-order valence-electron chi connectivity index (χ4n) is 8.01. The van der Waals surface area contributed by atoms with E-state index in [0.29, 0.717) is 28.9 Å². The zero-order chi connectivity index (χ0) is 37.5. The monoisotopic (exact) mass is 749 g/mol. The lowest BCUT2D eigenvalue weighted by atomic mass is 10.0. The van der Waals surface area contributed by atoms with E-state index in [2.05, 4.69) is 66.7 Å². The van der Waals surface area contributed by atoms with Crippen LogP contribution in [0.4, 0.5) is 0 Å². The first kappa shape index (κ1) is 31.8. The van der Waals surface area contributed by atoms with Gasteiger partial charge >= 0.3 is 0 Å². The Hall–Kier alpha value is -7.55. The summed E-state index contributed by atoms with van der Waals surface area (Å²) < 4.78 is 14.9. The van der Waals surface area contributed by atoms with Crippen LogP contribution in [0.5, 0.6) is 0 Å². The molecule has 57 heavy (non-hydrogen) atoms.